The first-order chi connectivity index (χ1) is 13.6. The molecule has 1 aromatic carbocycles. The molecule has 8 heteroatoms. The summed E-state index contributed by atoms with van der Waals surface area (Å²) in [5.74, 6) is 1.80. The number of guanidine groups is 1. The summed E-state index contributed by atoms with van der Waals surface area (Å²) >= 11 is 6.14. The first-order valence-corrected chi connectivity index (χ1v) is 10.1. The molecule has 2 heterocycles. The van der Waals surface area contributed by atoms with Gasteiger partial charge in [-0.2, -0.15) is 0 Å². The minimum absolute atomic E-state index is 0. The molecule has 1 aromatic heterocycles. The number of nitrogens with one attached hydrogen (secondary N) is 2. The molecule has 1 aliphatic heterocycles. The number of nitrogens with zero attached hydrogens (tertiary/aromatic N) is 4. The largest absolute Gasteiger partial charge is 0.369 e. The molecule has 0 saturated carbocycles. The molecule has 0 amide bonds. The van der Waals surface area contributed by atoms with Crippen LogP contribution < -0.4 is 20.4 Å². The molecule has 1 aliphatic rings. The third kappa shape index (κ3) is 6.64. The van der Waals surface area contributed by atoms with Crippen LogP contribution in [-0.2, 0) is 6.54 Å². The number of hydrogen-bond acceptors (Lipinski definition) is 4. The topological polar surface area (TPSA) is 55.8 Å². The summed E-state index contributed by atoms with van der Waals surface area (Å²) in [5, 5.41) is 7.71. The van der Waals surface area contributed by atoms with Crippen LogP contribution in [0.25, 0.3) is 0 Å². The zero-order valence-electron chi connectivity index (χ0n) is 17.2. The Labute approximate surface area is 195 Å². The smallest absolute Gasteiger partial charge is 0.191 e. The van der Waals surface area contributed by atoms with E-state index in [2.05, 4.69) is 39.6 Å². The first-order valence-electron chi connectivity index (χ1n) is 9.73. The van der Waals surface area contributed by atoms with E-state index < -0.39 is 0 Å². The lowest BCUT2D eigenvalue weighted by Gasteiger charge is -2.21. The van der Waals surface area contributed by atoms with E-state index in [-0.39, 0.29) is 24.0 Å². The maximum atomic E-state index is 6.14. The Morgan fingerprint density at radius 2 is 2.14 bits per heavy atom. The van der Waals surface area contributed by atoms with Crippen LogP contribution in [0, 0.1) is 0 Å². The predicted octanol–water partition coefficient (Wildman–Crippen LogP) is 3.75. The standard InChI is InChI=1S/C21H29ClN6.HI/c1-4-23-21(25-14-16-7-6-11-24-20(16)27(2)3)26-18-10-12-28(15-18)19-9-5-8-17(22)13-19;/h5-9,11,13,18H,4,10,12,14-15H2,1-3H3,(H2,23,25,26);1H. The first kappa shape index (κ1) is 23.5. The average Bonchev–Trinajstić information content (AvgIpc) is 3.15. The maximum absolute atomic E-state index is 6.14. The summed E-state index contributed by atoms with van der Waals surface area (Å²) < 4.78 is 0. The van der Waals surface area contributed by atoms with Gasteiger partial charge in [-0.25, -0.2) is 9.98 Å². The molecule has 29 heavy (non-hydrogen) atoms. The number of aliphatic imine (C=N–C) groups is 1. The number of halogens is 2. The van der Waals surface area contributed by atoms with Gasteiger partial charge in [-0.3, -0.25) is 0 Å². The molecule has 1 fully saturated rings. The molecule has 1 unspecified atom stereocenters. The fourth-order valence-electron chi connectivity index (χ4n) is 3.42. The lowest BCUT2D eigenvalue weighted by molar-refractivity contribution is 0.649. The van der Waals surface area contributed by atoms with E-state index >= 15 is 0 Å². The molecule has 0 bridgehead atoms. The zero-order valence-corrected chi connectivity index (χ0v) is 20.3. The molecule has 0 spiro atoms. The van der Waals surface area contributed by atoms with Crippen molar-refractivity contribution in [3.63, 3.8) is 0 Å². The number of rotatable bonds is 6. The molecule has 2 N–H and O–H groups in total. The normalized spacial score (nSPS) is 16.3. The summed E-state index contributed by atoms with van der Waals surface area (Å²) in [4.78, 5) is 13.6. The van der Waals surface area contributed by atoms with Crippen LogP contribution in [0.4, 0.5) is 11.5 Å². The number of benzene rings is 1. The van der Waals surface area contributed by atoms with Crippen LogP contribution in [0.5, 0.6) is 0 Å². The van der Waals surface area contributed by atoms with Gasteiger partial charge in [0.25, 0.3) is 0 Å². The number of pyridine rings is 1. The van der Waals surface area contributed by atoms with Gasteiger partial charge in [-0.1, -0.05) is 23.7 Å². The molecule has 0 aliphatic carbocycles. The van der Waals surface area contributed by atoms with Gasteiger partial charge in [0.1, 0.15) is 5.82 Å². The van der Waals surface area contributed by atoms with Crippen LogP contribution in [0.3, 0.4) is 0 Å². The van der Waals surface area contributed by atoms with Crippen molar-refractivity contribution in [2.75, 3.05) is 43.5 Å². The van der Waals surface area contributed by atoms with Gasteiger partial charge < -0.3 is 20.4 Å². The van der Waals surface area contributed by atoms with E-state index in [0.717, 1.165) is 48.4 Å². The minimum atomic E-state index is 0. The highest BCUT2D eigenvalue weighted by atomic mass is 127. The molecule has 1 saturated heterocycles. The molecule has 158 valence electrons. The highest BCUT2D eigenvalue weighted by Gasteiger charge is 2.23. The van der Waals surface area contributed by atoms with Crippen molar-refractivity contribution in [2.24, 2.45) is 4.99 Å². The summed E-state index contributed by atoms with van der Waals surface area (Å²) in [5.41, 5.74) is 2.28. The van der Waals surface area contributed by atoms with Crippen molar-refractivity contribution >= 4 is 53.0 Å². The van der Waals surface area contributed by atoms with Crippen LogP contribution in [0.2, 0.25) is 5.02 Å². The van der Waals surface area contributed by atoms with Crippen molar-refractivity contribution in [2.45, 2.75) is 25.9 Å². The van der Waals surface area contributed by atoms with Crippen LogP contribution in [-0.4, -0.2) is 50.7 Å². The average molecular weight is 529 g/mol. The second-order valence-electron chi connectivity index (χ2n) is 7.13. The van der Waals surface area contributed by atoms with Gasteiger partial charge in [0.05, 0.1) is 6.54 Å². The fraction of sp³-hybridized carbons (Fsp3) is 0.429. The number of anilines is 2. The second-order valence-corrected chi connectivity index (χ2v) is 7.57. The molecular formula is C21H30ClIN6. The number of aromatic nitrogens is 1. The Kier molecular flexibility index (Phi) is 9.29. The van der Waals surface area contributed by atoms with Crippen LogP contribution >= 0.6 is 35.6 Å². The SMILES string of the molecule is CCNC(=NCc1cccnc1N(C)C)NC1CCN(c2cccc(Cl)c2)C1.I. The molecule has 3 rings (SSSR count). The molecule has 6 nitrogen and oxygen atoms in total. The van der Waals surface area contributed by atoms with Gasteiger partial charge >= 0.3 is 0 Å². The summed E-state index contributed by atoms with van der Waals surface area (Å²) in [6.45, 7) is 5.43. The fourth-order valence-corrected chi connectivity index (χ4v) is 3.60. The zero-order chi connectivity index (χ0) is 19.9. The van der Waals surface area contributed by atoms with Gasteiger partial charge in [-0.05, 0) is 37.6 Å². The van der Waals surface area contributed by atoms with Crippen molar-refractivity contribution < 1.29 is 0 Å². The van der Waals surface area contributed by atoms with Gasteiger partial charge in [0, 0.05) is 62.2 Å². The van der Waals surface area contributed by atoms with Crippen molar-refractivity contribution in [3.05, 3.63) is 53.2 Å². The summed E-state index contributed by atoms with van der Waals surface area (Å²) in [7, 11) is 4.00. The highest BCUT2D eigenvalue weighted by Crippen LogP contribution is 2.23. The molecular weight excluding hydrogens is 499 g/mol. The third-order valence-corrected chi connectivity index (χ3v) is 4.98. The Morgan fingerprint density at radius 1 is 1.31 bits per heavy atom. The van der Waals surface area contributed by atoms with Crippen LogP contribution in [0.1, 0.15) is 18.9 Å². The minimum Gasteiger partial charge on any atom is -0.369 e. The lowest BCUT2D eigenvalue weighted by Crippen LogP contribution is -2.44. The monoisotopic (exact) mass is 528 g/mol. The second kappa shape index (κ2) is 11.4. The Balaban J connectivity index is 0.00000300. The van der Waals surface area contributed by atoms with E-state index in [1.165, 1.54) is 5.69 Å². The maximum Gasteiger partial charge on any atom is 0.191 e. The van der Waals surface area contributed by atoms with Gasteiger partial charge in [-0.15, -0.1) is 24.0 Å². The molecule has 2 aromatic rings. The highest BCUT2D eigenvalue weighted by molar-refractivity contribution is 14.0. The Hall–Kier alpha value is -1.74. The van der Waals surface area contributed by atoms with E-state index in [0.29, 0.717) is 12.6 Å². The van der Waals surface area contributed by atoms with E-state index in [4.69, 9.17) is 16.6 Å². The Bertz CT molecular complexity index is 813. The predicted molar refractivity (Wildman–Crippen MR) is 134 cm³/mol. The van der Waals surface area contributed by atoms with Crippen molar-refractivity contribution in [1.82, 2.24) is 15.6 Å². The third-order valence-electron chi connectivity index (χ3n) is 4.75. The van der Waals surface area contributed by atoms with Crippen molar-refractivity contribution in [1.29, 1.82) is 0 Å². The van der Waals surface area contributed by atoms with Gasteiger partial charge in [0.15, 0.2) is 5.96 Å². The van der Waals surface area contributed by atoms with E-state index in [1.807, 2.05) is 49.5 Å². The van der Waals surface area contributed by atoms with E-state index in [1.54, 1.807) is 0 Å². The molecule has 1 atom stereocenters. The van der Waals surface area contributed by atoms with E-state index in [9.17, 15) is 0 Å². The van der Waals surface area contributed by atoms with Gasteiger partial charge in [0.2, 0.25) is 0 Å². The Morgan fingerprint density at radius 3 is 2.86 bits per heavy atom. The van der Waals surface area contributed by atoms with Crippen LogP contribution in [0.15, 0.2) is 47.6 Å². The lowest BCUT2D eigenvalue weighted by atomic mass is 10.2. The number of hydrogen-bond donors (Lipinski definition) is 2. The summed E-state index contributed by atoms with van der Waals surface area (Å²) in [6, 6.07) is 12.4. The van der Waals surface area contributed by atoms with Crippen molar-refractivity contribution in [3.8, 4) is 0 Å². The molecule has 0 radical (unpaired) electrons. The quantitative estimate of drug-likeness (QED) is 0.340. The summed E-state index contributed by atoms with van der Waals surface area (Å²) in [6.07, 6.45) is 2.88.